The van der Waals surface area contributed by atoms with Crippen molar-refractivity contribution in [1.29, 1.82) is 0 Å². The lowest BCUT2D eigenvalue weighted by Gasteiger charge is -2.13. The summed E-state index contributed by atoms with van der Waals surface area (Å²) in [5.41, 5.74) is 4.39. The lowest BCUT2D eigenvalue weighted by Crippen LogP contribution is -2.20. The van der Waals surface area contributed by atoms with E-state index in [1.54, 1.807) is 24.3 Å². The maximum absolute atomic E-state index is 12.9. The van der Waals surface area contributed by atoms with Gasteiger partial charge in [-0.1, -0.05) is 29.8 Å². The average Bonchev–Trinajstić information content (AvgIpc) is 2.85. The summed E-state index contributed by atoms with van der Waals surface area (Å²) >= 11 is 6.18. The molecule has 2 N–H and O–H groups in total. The number of rotatable bonds is 11. The first-order chi connectivity index (χ1) is 16.9. The summed E-state index contributed by atoms with van der Waals surface area (Å²) in [6, 6.07) is 18.1. The van der Waals surface area contributed by atoms with Gasteiger partial charge in [0.05, 0.1) is 12.8 Å². The standard InChI is InChI=1S/C26H25ClFN3O4/c1-2-34-24-15-18(7-12-23(24)35-17-19-5-3-4-6-22(19)27)16-29-31-26(33)14-13-25(32)30-21-10-8-20(28)9-11-21/h3-12,15-16H,2,13-14,17H2,1H3,(H,30,32)(H,31,33). The zero-order chi connectivity index (χ0) is 25.0. The Kier molecular flexibility index (Phi) is 9.62. The summed E-state index contributed by atoms with van der Waals surface area (Å²) in [5.74, 6) is -0.0787. The number of nitrogens with one attached hydrogen (secondary N) is 2. The van der Waals surface area contributed by atoms with E-state index >= 15 is 0 Å². The van der Waals surface area contributed by atoms with Gasteiger partial charge in [-0.3, -0.25) is 9.59 Å². The fourth-order valence-corrected chi connectivity index (χ4v) is 3.17. The maximum Gasteiger partial charge on any atom is 0.240 e. The second-order valence-corrected chi connectivity index (χ2v) is 7.77. The van der Waals surface area contributed by atoms with Gasteiger partial charge in [0.25, 0.3) is 0 Å². The van der Waals surface area contributed by atoms with Gasteiger partial charge in [0.15, 0.2) is 11.5 Å². The van der Waals surface area contributed by atoms with Crippen molar-refractivity contribution in [2.75, 3.05) is 11.9 Å². The van der Waals surface area contributed by atoms with Crippen molar-refractivity contribution in [3.8, 4) is 11.5 Å². The molecule has 0 saturated carbocycles. The smallest absolute Gasteiger partial charge is 0.240 e. The van der Waals surface area contributed by atoms with Crippen LogP contribution in [0.5, 0.6) is 11.5 Å². The van der Waals surface area contributed by atoms with Crippen LogP contribution in [-0.2, 0) is 16.2 Å². The van der Waals surface area contributed by atoms with Gasteiger partial charge >= 0.3 is 0 Å². The number of ether oxygens (including phenoxy) is 2. The Bertz CT molecular complexity index is 1190. The molecule has 182 valence electrons. The second-order valence-electron chi connectivity index (χ2n) is 7.37. The molecule has 3 aromatic carbocycles. The molecule has 3 rings (SSSR count). The summed E-state index contributed by atoms with van der Waals surface area (Å²) in [5, 5.41) is 7.16. The average molecular weight is 498 g/mol. The predicted octanol–water partition coefficient (Wildman–Crippen LogP) is 5.33. The zero-order valence-electron chi connectivity index (χ0n) is 19.1. The van der Waals surface area contributed by atoms with Crippen LogP contribution in [0.4, 0.5) is 10.1 Å². The molecule has 35 heavy (non-hydrogen) atoms. The minimum Gasteiger partial charge on any atom is -0.490 e. The first-order valence-electron chi connectivity index (χ1n) is 10.9. The topological polar surface area (TPSA) is 89.0 Å². The third-order valence-electron chi connectivity index (χ3n) is 4.72. The molecule has 0 aliphatic rings. The lowest BCUT2D eigenvalue weighted by molar-refractivity contribution is -0.124. The minimum absolute atomic E-state index is 0.0370. The molecule has 0 aliphatic heterocycles. The fraction of sp³-hybridized carbons (Fsp3) is 0.192. The number of benzene rings is 3. The molecule has 9 heteroatoms. The number of carbonyl (C=O) groups is 2. The van der Waals surface area contributed by atoms with E-state index < -0.39 is 11.7 Å². The summed E-state index contributed by atoms with van der Waals surface area (Å²) in [6.07, 6.45) is 1.38. The highest BCUT2D eigenvalue weighted by Gasteiger charge is 2.09. The Balaban J connectivity index is 1.49. The molecule has 0 radical (unpaired) electrons. The summed E-state index contributed by atoms with van der Waals surface area (Å²) in [6.45, 7) is 2.60. The number of halogens is 2. The molecular weight excluding hydrogens is 473 g/mol. The van der Waals surface area contributed by atoms with E-state index in [0.717, 1.165) is 5.56 Å². The van der Waals surface area contributed by atoms with E-state index in [9.17, 15) is 14.0 Å². The van der Waals surface area contributed by atoms with Gasteiger partial charge < -0.3 is 14.8 Å². The molecule has 0 fully saturated rings. The molecule has 3 aromatic rings. The number of carbonyl (C=O) groups excluding carboxylic acids is 2. The van der Waals surface area contributed by atoms with Gasteiger partial charge in [0.2, 0.25) is 11.8 Å². The highest BCUT2D eigenvalue weighted by Crippen LogP contribution is 2.29. The van der Waals surface area contributed by atoms with Gasteiger partial charge in [-0.15, -0.1) is 0 Å². The van der Waals surface area contributed by atoms with Crippen LogP contribution < -0.4 is 20.2 Å². The van der Waals surface area contributed by atoms with Crippen molar-refractivity contribution in [3.63, 3.8) is 0 Å². The Morgan fingerprint density at radius 3 is 2.46 bits per heavy atom. The summed E-state index contributed by atoms with van der Waals surface area (Å²) in [7, 11) is 0. The van der Waals surface area contributed by atoms with Crippen LogP contribution >= 0.6 is 11.6 Å². The van der Waals surface area contributed by atoms with E-state index in [4.69, 9.17) is 21.1 Å². The van der Waals surface area contributed by atoms with Crippen molar-refractivity contribution >= 4 is 35.3 Å². The Morgan fingerprint density at radius 2 is 1.71 bits per heavy atom. The summed E-state index contributed by atoms with van der Waals surface area (Å²) in [4.78, 5) is 23.9. The highest BCUT2D eigenvalue weighted by molar-refractivity contribution is 6.31. The number of nitrogens with zero attached hydrogens (tertiary/aromatic N) is 1. The lowest BCUT2D eigenvalue weighted by atomic mass is 10.2. The molecule has 2 amide bonds. The molecule has 0 saturated heterocycles. The van der Waals surface area contributed by atoms with Gasteiger partial charge in [-0.05, 0) is 61.0 Å². The molecular formula is C26H25ClFN3O4. The quantitative estimate of drug-likeness (QED) is 0.277. The number of amides is 2. The van der Waals surface area contributed by atoms with Crippen LogP contribution in [0.15, 0.2) is 71.8 Å². The molecule has 0 unspecified atom stereocenters. The van der Waals surface area contributed by atoms with Crippen LogP contribution in [-0.4, -0.2) is 24.6 Å². The third kappa shape index (κ3) is 8.42. The highest BCUT2D eigenvalue weighted by atomic mass is 35.5. The second kappa shape index (κ2) is 13.1. The molecule has 7 nitrogen and oxygen atoms in total. The van der Waals surface area contributed by atoms with Gasteiger partial charge in [0.1, 0.15) is 12.4 Å². The predicted molar refractivity (Wildman–Crippen MR) is 133 cm³/mol. The molecule has 0 spiro atoms. The Hall–Kier alpha value is -3.91. The van der Waals surface area contributed by atoms with Crippen molar-refractivity contribution < 1.29 is 23.5 Å². The number of hydrazone groups is 1. The van der Waals surface area contributed by atoms with Gasteiger partial charge in [-0.25, -0.2) is 9.82 Å². The Labute approximate surface area is 207 Å². The van der Waals surface area contributed by atoms with Crippen molar-refractivity contribution in [3.05, 3.63) is 88.7 Å². The van der Waals surface area contributed by atoms with Gasteiger partial charge in [0, 0.05) is 29.1 Å². The van der Waals surface area contributed by atoms with Crippen molar-refractivity contribution in [2.24, 2.45) is 5.10 Å². The monoisotopic (exact) mass is 497 g/mol. The number of anilines is 1. The van der Waals surface area contributed by atoms with Crippen LogP contribution in [0.25, 0.3) is 0 Å². The first kappa shape index (κ1) is 25.7. The maximum atomic E-state index is 12.9. The Morgan fingerprint density at radius 1 is 0.971 bits per heavy atom. The van der Waals surface area contributed by atoms with Crippen LogP contribution in [0.1, 0.15) is 30.9 Å². The third-order valence-corrected chi connectivity index (χ3v) is 5.09. The molecule has 0 bridgehead atoms. The van der Waals surface area contributed by atoms with Gasteiger partial charge in [-0.2, -0.15) is 5.10 Å². The summed E-state index contributed by atoms with van der Waals surface area (Å²) < 4.78 is 24.5. The largest absolute Gasteiger partial charge is 0.490 e. The molecule has 0 heterocycles. The van der Waals surface area contributed by atoms with Crippen LogP contribution in [0.3, 0.4) is 0 Å². The van der Waals surface area contributed by atoms with E-state index in [-0.39, 0.29) is 25.4 Å². The minimum atomic E-state index is -0.416. The van der Waals surface area contributed by atoms with Crippen LogP contribution in [0.2, 0.25) is 5.02 Å². The number of hydrogen-bond donors (Lipinski definition) is 2. The zero-order valence-corrected chi connectivity index (χ0v) is 19.8. The fourth-order valence-electron chi connectivity index (χ4n) is 2.98. The van der Waals surface area contributed by atoms with Crippen molar-refractivity contribution in [1.82, 2.24) is 5.43 Å². The molecule has 0 aromatic heterocycles. The SMILES string of the molecule is CCOc1cc(C=NNC(=O)CCC(=O)Nc2ccc(F)cc2)ccc1OCc1ccccc1Cl. The van der Waals surface area contributed by atoms with Crippen molar-refractivity contribution in [2.45, 2.75) is 26.4 Å². The first-order valence-corrected chi connectivity index (χ1v) is 11.3. The van der Waals surface area contributed by atoms with E-state index in [1.165, 1.54) is 30.5 Å². The normalized spacial score (nSPS) is 10.7. The molecule has 0 aliphatic carbocycles. The van der Waals surface area contributed by atoms with E-state index in [0.29, 0.717) is 34.4 Å². The number of hydrogen-bond acceptors (Lipinski definition) is 5. The van der Waals surface area contributed by atoms with E-state index in [2.05, 4.69) is 15.8 Å². The van der Waals surface area contributed by atoms with E-state index in [1.807, 2.05) is 25.1 Å². The van der Waals surface area contributed by atoms with Crippen LogP contribution in [0, 0.1) is 5.82 Å². The molecule has 0 atom stereocenters.